The monoisotopic (exact) mass is 283 g/mol. The van der Waals surface area contributed by atoms with Crippen LogP contribution >= 0.6 is 0 Å². The smallest absolute Gasteiger partial charge is 0.163 e. The standard InChI is InChI=1S/C16H23F2NO/c1-3-9-19-16(11-8-10-20-14(11)4-2)12-6-5-7-13(17)15(12)18/h5-7,11,14,16,19H,3-4,8-10H2,1-2H3. The quantitative estimate of drug-likeness (QED) is 0.857. The molecule has 0 amide bonds. The van der Waals surface area contributed by atoms with Gasteiger partial charge in [-0.2, -0.15) is 0 Å². The lowest BCUT2D eigenvalue weighted by Crippen LogP contribution is -2.34. The number of rotatable bonds is 6. The first-order chi connectivity index (χ1) is 9.69. The summed E-state index contributed by atoms with van der Waals surface area (Å²) in [6.45, 7) is 5.62. The molecule has 4 heteroatoms. The molecular formula is C16H23F2NO. The van der Waals surface area contributed by atoms with Gasteiger partial charge in [-0.25, -0.2) is 8.78 Å². The molecule has 3 atom stereocenters. The van der Waals surface area contributed by atoms with Gasteiger partial charge in [0.25, 0.3) is 0 Å². The van der Waals surface area contributed by atoms with E-state index in [0.29, 0.717) is 12.2 Å². The van der Waals surface area contributed by atoms with E-state index >= 15 is 0 Å². The van der Waals surface area contributed by atoms with Gasteiger partial charge in [-0.15, -0.1) is 0 Å². The molecular weight excluding hydrogens is 260 g/mol. The summed E-state index contributed by atoms with van der Waals surface area (Å²) >= 11 is 0. The zero-order valence-corrected chi connectivity index (χ0v) is 12.2. The maximum absolute atomic E-state index is 14.1. The van der Waals surface area contributed by atoms with Crippen LogP contribution in [0.3, 0.4) is 0 Å². The van der Waals surface area contributed by atoms with Gasteiger partial charge in [0, 0.05) is 24.1 Å². The largest absolute Gasteiger partial charge is 0.378 e. The highest BCUT2D eigenvalue weighted by molar-refractivity contribution is 5.24. The summed E-state index contributed by atoms with van der Waals surface area (Å²) in [5.41, 5.74) is 0.424. The average molecular weight is 283 g/mol. The van der Waals surface area contributed by atoms with Crippen molar-refractivity contribution in [3.8, 4) is 0 Å². The Hall–Kier alpha value is -1.00. The highest BCUT2D eigenvalue weighted by atomic mass is 19.2. The van der Waals surface area contributed by atoms with E-state index in [1.807, 2.05) is 0 Å². The third-order valence-corrected chi connectivity index (χ3v) is 4.02. The molecule has 1 aromatic rings. The Morgan fingerprint density at radius 1 is 1.35 bits per heavy atom. The van der Waals surface area contributed by atoms with Crippen LogP contribution in [0, 0.1) is 17.6 Å². The zero-order chi connectivity index (χ0) is 14.5. The molecule has 1 fully saturated rings. The van der Waals surface area contributed by atoms with Crippen LogP contribution in [-0.2, 0) is 4.74 Å². The average Bonchev–Trinajstić information content (AvgIpc) is 2.92. The van der Waals surface area contributed by atoms with Gasteiger partial charge in [-0.3, -0.25) is 0 Å². The normalized spacial score (nSPS) is 24.0. The van der Waals surface area contributed by atoms with E-state index in [9.17, 15) is 8.78 Å². The number of nitrogens with one attached hydrogen (secondary N) is 1. The van der Waals surface area contributed by atoms with Crippen molar-refractivity contribution in [2.45, 2.75) is 45.3 Å². The molecule has 1 aliphatic heterocycles. The second kappa shape index (κ2) is 7.14. The Morgan fingerprint density at radius 3 is 2.85 bits per heavy atom. The van der Waals surface area contributed by atoms with E-state index in [-0.39, 0.29) is 18.1 Å². The minimum absolute atomic E-state index is 0.118. The first-order valence-corrected chi connectivity index (χ1v) is 7.47. The van der Waals surface area contributed by atoms with Crippen molar-refractivity contribution in [1.82, 2.24) is 5.32 Å². The molecule has 0 bridgehead atoms. The molecule has 1 aromatic carbocycles. The van der Waals surface area contributed by atoms with E-state index in [1.54, 1.807) is 12.1 Å². The first-order valence-electron chi connectivity index (χ1n) is 7.47. The fourth-order valence-electron chi connectivity index (χ4n) is 3.02. The van der Waals surface area contributed by atoms with Crippen molar-refractivity contribution in [3.05, 3.63) is 35.4 Å². The SMILES string of the molecule is CCCNC(c1cccc(F)c1F)C1CCOC1CC. The minimum Gasteiger partial charge on any atom is -0.378 e. The third-order valence-electron chi connectivity index (χ3n) is 4.02. The zero-order valence-electron chi connectivity index (χ0n) is 12.2. The van der Waals surface area contributed by atoms with Gasteiger partial charge in [0.2, 0.25) is 0 Å². The van der Waals surface area contributed by atoms with Gasteiger partial charge >= 0.3 is 0 Å². The fourth-order valence-corrected chi connectivity index (χ4v) is 3.02. The molecule has 3 unspecified atom stereocenters. The summed E-state index contributed by atoms with van der Waals surface area (Å²) in [5.74, 6) is -1.32. The van der Waals surface area contributed by atoms with Crippen LogP contribution < -0.4 is 5.32 Å². The molecule has 112 valence electrons. The van der Waals surface area contributed by atoms with Gasteiger partial charge in [-0.1, -0.05) is 26.0 Å². The topological polar surface area (TPSA) is 21.3 Å². The maximum Gasteiger partial charge on any atom is 0.163 e. The van der Waals surface area contributed by atoms with Crippen molar-refractivity contribution in [2.24, 2.45) is 5.92 Å². The second-order valence-corrected chi connectivity index (χ2v) is 5.34. The molecule has 20 heavy (non-hydrogen) atoms. The van der Waals surface area contributed by atoms with E-state index in [0.717, 1.165) is 31.9 Å². The van der Waals surface area contributed by atoms with Crippen molar-refractivity contribution >= 4 is 0 Å². The van der Waals surface area contributed by atoms with Crippen LogP contribution in [-0.4, -0.2) is 19.3 Å². The summed E-state index contributed by atoms with van der Waals surface area (Å²) in [7, 11) is 0. The van der Waals surface area contributed by atoms with Crippen molar-refractivity contribution in [1.29, 1.82) is 0 Å². The highest BCUT2D eigenvalue weighted by Crippen LogP contribution is 2.36. The first kappa shape index (κ1) is 15.4. The van der Waals surface area contributed by atoms with E-state index < -0.39 is 11.6 Å². The van der Waals surface area contributed by atoms with Crippen LogP contribution in [0.4, 0.5) is 8.78 Å². The molecule has 0 saturated carbocycles. The van der Waals surface area contributed by atoms with E-state index in [4.69, 9.17) is 4.74 Å². The van der Waals surface area contributed by atoms with Gasteiger partial charge in [0.05, 0.1) is 6.10 Å². The number of hydrogen-bond acceptors (Lipinski definition) is 2. The van der Waals surface area contributed by atoms with E-state index in [2.05, 4.69) is 19.2 Å². The third kappa shape index (κ3) is 3.18. The molecule has 1 N–H and O–H groups in total. The molecule has 0 aliphatic carbocycles. The Morgan fingerprint density at radius 2 is 2.15 bits per heavy atom. The predicted molar refractivity (Wildman–Crippen MR) is 75.5 cm³/mol. The Kier molecular flexibility index (Phi) is 5.49. The molecule has 2 rings (SSSR count). The van der Waals surface area contributed by atoms with Crippen LogP contribution in [0.15, 0.2) is 18.2 Å². The molecule has 2 nitrogen and oxygen atoms in total. The van der Waals surface area contributed by atoms with Crippen LogP contribution in [0.5, 0.6) is 0 Å². The lowest BCUT2D eigenvalue weighted by Gasteiger charge is -2.29. The van der Waals surface area contributed by atoms with E-state index in [1.165, 1.54) is 0 Å². The fraction of sp³-hybridized carbons (Fsp3) is 0.625. The number of ether oxygens (including phenoxy) is 1. The number of halogens is 2. The van der Waals surface area contributed by atoms with Gasteiger partial charge in [0.1, 0.15) is 0 Å². The Balaban J connectivity index is 2.29. The molecule has 1 heterocycles. The number of hydrogen-bond donors (Lipinski definition) is 1. The molecule has 0 spiro atoms. The number of benzene rings is 1. The molecule has 0 aromatic heterocycles. The van der Waals surface area contributed by atoms with Crippen molar-refractivity contribution in [2.75, 3.05) is 13.2 Å². The summed E-state index contributed by atoms with van der Waals surface area (Å²) in [4.78, 5) is 0. The van der Waals surface area contributed by atoms with Gasteiger partial charge in [0.15, 0.2) is 11.6 Å². The van der Waals surface area contributed by atoms with Gasteiger partial charge in [-0.05, 0) is 31.9 Å². The maximum atomic E-state index is 14.1. The van der Waals surface area contributed by atoms with Crippen LogP contribution in [0.2, 0.25) is 0 Å². The van der Waals surface area contributed by atoms with Gasteiger partial charge < -0.3 is 10.1 Å². The lowest BCUT2D eigenvalue weighted by atomic mass is 9.86. The van der Waals surface area contributed by atoms with Crippen molar-refractivity contribution < 1.29 is 13.5 Å². The summed E-state index contributed by atoms with van der Waals surface area (Å²) in [5, 5.41) is 3.37. The van der Waals surface area contributed by atoms with Crippen LogP contribution in [0.25, 0.3) is 0 Å². The molecule has 1 saturated heterocycles. The molecule has 0 radical (unpaired) electrons. The summed E-state index contributed by atoms with van der Waals surface area (Å²) in [6.07, 6.45) is 2.85. The molecule has 1 aliphatic rings. The summed E-state index contributed by atoms with van der Waals surface area (Å²) in [6, 6.07) is 4.23. The Bertz CT molecular complexity index is 438. The highest BCUT2D eigenvalue weighted by Gasteiger charge is 2.35. The van der Waals surface area contributed by atoms with Crippen molar-refractivity contribution in [3.63, 3.8) is 0 Å². The predicted octanol–water partition coefficient (Wildman–Crippen LogP) is 3.82. The Labute approximate surface area is 119 Å². The lowest BCUT2D eigenvalue weighted by molar-refractivity contribution is 0.0769. The minimum atomic E-state index is -0.780. The summed E-state index contributed by atoms with van der Waals surface area (Å²) < 4.78 is 33.3. The van der Waals surface area contributed by atoms with Crippen LogP contribution in [0.1, 0.15) is 44.7 Å². The second-order valence-electron chi connectivity index (χ2n) is 5.34.